The molecule has 0 spiro atoms. The molecule has 0 aliphatic carbocycles. The van der Waals surface area contributed by atoms with Gasteiger partial charge in [0.1, 0.15) is 17.9 Å². The monoisotopic (exact) mass is 426 g/mol. The van der Waals surface area contributed by atoms with Crippen LogP contribution in [0.4, 0.5) is 4.79 Å². The number of aryl methyl sites for hydroxylation is 1. The molecule has 4 N–H and O–H groups in total. The SMILES string of the molecule is Cc1cn([C@H]2C[C@H](NC(=O)OC(C)(C)C)[C@@H](C(=O)N[C@@H](C)C(=O)O)O2)c(=O)[nH]c1=O. The van der Waals surface area contributed by atoms with Crippen molar-refractivity contribution in [1.29, 1.82) is 0 Å². The van der Waals surface area contributed by atoms with Gasteiger partial charge in [-0.1, -0.05) is 0 Å². The van der Waals surface area contributed by atoms with Crippen LogP contribution in [0.2, 0.25) is 0 Å². The van der Waals surface area contributed by atoms with E-state index in [-0.39, 0.29) is 12.0 Å². The average Bonchev–Trinajstić information content (AvgIpc) is 2.99. The van der Waals surface area contributed by atoms with Crippen LogP contribution in [0, 0.1) is 6.92 Å². The van der Waals surface area contributed by atoms with E-state index in [2.05, 4.69) is 15.6 Å². The smallest absolute Gasteiger partial charge is 0.407 e. The third-order valence-corrected chi connectivity index (χ3v) is 4.27. The number of hydrogen-bond donors (Lipinski definition) is 4. The topological polar surface area (TPSA) is 169 Å². The van der Waals surface area contributed by atoms with Crippen molar-refractivity contribution in [2.75, 3.05) is 0 Å². The van der Waals surface area contributed by atoms with Gasteiger partial charge in [0, 0.05) is 18.2 Å². The van der Waals surface area contributed by atoms with Gasteiger partial charge in [-0.2, -0.15) is 0 Å². The minimum atomic E-state index is -1.29. The van der Waals surface area contributed by atoms with Crippen molar-refractivity contribution in [3.63, 3.8) is 0 Å². The van der Waals surface area contributed by atoms with Gasteiger partial charge < -0.3 is 25.2 Å². The summed E-state index contributed by atoms with van der Waals surface area (Å²) in [5, 5.41) is 13.8. The van der Waals surface area contributed by atoms with Crippen LogP contribution in [0.25, 0.3) is 0 Å². The molecule has 30 heavy (non-hydrogen) atoms. The Kier molecular flexibility index (Phi) is 6.70. The molecule has 4 atom stereocenters. The molecule has 2 rings (SSSR count). The molecule has 0 radical (unpaired) electrons. The number of aromatic amines is 1. The fourth-order valence-corrected chi connectivity index (χ4v) is 2.83. The Hall–Kier alpha value is -3.15. The van der Waals surface area contributed by atoms with Crippen LogP contribution in [0.15, 0.2) is 15.8 Å². The Morgan fingerprint density at radius 1 is 1.33 bits per heavy atom. The van der Waals surface area contributed by atoms with E-state index in [0.29, 0.717) is 0 Å². The second kappa shape index (κ2) is 8.69. The first-order valence-corrected chi connectivity index (χ1v) is 9.28. The van der Waals surface area contributed by atoms with Gasteiger partial charge >= 0.3 is 17.8 Å². The van der Waals surface area contributed by atoms with Gasteiger partial charge in [0.25, 0.3) is 11.5 Å². The maximum atomic E-state index is 12.6. The fourth-order valence-electron chi connectivity index (χ4n) is 2.83. The maximum absolute atomic E-state index is 12.6. The van der Waals surface area contributed by atoms with Crippen molar-refractivity contribution in [2.24, 2.45) is 0 Å². The molecule has 12 heteroatoms. The van der Waals surface area contributed by atoms with Crippen molar-refractivity contribution in [3.05, 3.63) is 32.6 Å². The third kappa shape index (κ3) is 5.69. The number of H-pyrrole nitrogens is 1. The van der Waals surface area contributed by atoms with E-state index >= 15 is 0 Å². The molecule has 1 fully saturated rings. The van der Waals surface area contributed by atoms with E-state index < -0.39 is 59.2 Å². The molecule has 2 amide bonds. The molecule has 2 heterocycles. The number of ether oxygens (including phenoxy) is 2. The highest BCUT2D eigenvalue weighted by atomic mass is 16.6. The third-order valence-electron chi connectivity index (χ3n) is 4.27. The van der Waals surface area contributed by atoms with Gasteiger partial charge in [-0.25, -0.2) is 9.59 Å². The number of carbonyl (C=O) groups is 3. The Balaban J connectivity index is 2.29. The molecular weight excluding hydrogens is 400 g/mol. The van der Waals surface area contributed by atoms with Gasteiger partial charge in [-0.05, 0) is 34.6 Å². The molecule has 1 saturated heterocycles. The molecular formula is C18H26N4O8. The van der Waals surface area contributed by atoms with Crippen LogP contribution in [0.1, 0.15) is 45.9 Å². The first-order chi connectivity index (χ1) is 13.8. The fraction of sp³-hybridized carbons (Fsp3) is 0.611. The highest BCUT2D eigenvalue weighted by molar-refractivity contribution is 5.87. The lowest BCUT2D eigenvalue weighted by Crippen LogP contribution is -2.52. The predicted octanol–water partition coefficient (Wildman–Crippen LogP) is -0.385. The first kappa shape index (κ1) is 23.1. The van der Waals surface area contributed by atoms with Crippen molar-refractivity contribution in [3.8, 4) is 0 Å². The molecule has 0 bridgehead atoms. The van der Waals surface area contributed by atoms with Gasteiger partial charge in [-0.15, -0.1) is 0 Å². The summed E-state index contributed by atoms with van der Waals surface area (Å²) in [5.74, 6) is -2.02. The quantitative estimate of drug-likeness (QED) is 0.494. The Morgan fingerprint density at radius 3 is 2.53 bits per heavy atom. The number of alkyl carbamates (subject to hydrolysis) is 1. The number of nitrogens with one attached hydrogen (secondary N) is 3. The van der Waals surface area contributed by atoms with E-state index in [1.807, 2.05) is 0 Å². The summed E-state index contributed by atoms with van der Waals surface area (Å²) in [4.78, 5) is 61.7. The summed E-state index contributed by atoms with van der Waals surface area (Å²) in [6.07, 6.45) is -1.78. The van der Waals surface area contributed by atoms with Crippen LogP contribution in [0.3, 0.4) is 0 Å². The van der Waals surface area contributed by atoms with Crippen molar-refractivity contribution >= 4 is 18.0 Å². The maximum Gasteiger partial charge on any atom is 0.407 e. The van der Waals surface area contributed by atoms with Crippen LogP contribution >= 0.6 is 0 Å². The predicted molar refractivity (Wildman–Crippen MR) is 103 cm³/mol. The van der Waals surface area contributed by atoms with E-state index in [4.69, 9.17) is 14.6 Å². The molecule has 0 saturated carbocycles. The average molecular weight is 426 g/mol. The number of nitrogens with zero attached hydrogens (tertiary/aromatic N) is 1. The van der Waals surface area contributed by atoms with Gasteiger partial charge in [0.15, 0.2) is 6.10 Å². The largest absolute Gasteiger partial charge is 0.480 e. The molecule has 0 aromatic carbocycles. The number of rotatable bonds is 5. The first-order valence-electron chi connectivity index (χ1n) is 9.28. The van der Waals surface area contributed by atoms with Crippen LogP contribution in [0.5, 0.6) is 0 Å². The zero-order valence-electron chi connectivity index (χ0n) is 17.3. The normalized spacial score (nSPS) is 22.2. The molecule has 1 aliphatic rings. The van der Waals surface area contributed by atoms with Crippen molar-refractivity contribution in [2.45, 2.75) is 71.1 Å². The van der Waals surface area contributed by atoms with Gasteiger partial charge in [-0.3, -0.25) is 23.9 Å². The summed E-state index contributed by atoms with van der Waals surface area (Å²) >= 11 is 0. The lowest BCUT2D eigenvalue weighted by Gasteiger charge is -2.23. The van der Waals surface area contributed by atoms with Crippen LogP contribution in [-0.4, -0.2) is 56.4 Å². The Morgan fingerprint density at radius 2 is 1.97 bits per heavy atom. The number of carboxylic acids is 1. The summed E-state index contributed by atoms with van der Waals surface area (Å²) in [6.45, 7) is 7.78. The molecule has 166 valence electrons. The summed E-state index contributed by atoms with van der Waals surface area (Å²) in [7, 11) is 0. The summed E-state index contributed by atoms with van der Waals surface area (Å²) in [6, 6.07) is -2.11. The Bertz CT molecular complexity index is 945. The zero-order valence-corrected chi connectivity index (χ0v) is 17.3. The van der Waals surface area contributed by atoms with Crippen molar-refractivity contribution in [1.82, 2.24) is 20.2 Å². The number of aromatic nitrogens is 2. The van der Waals surface area contributed by atoms with E-state index in [1.54, 1.807) is 20.8 Å². The number of aliphatic carboxylic acids is 1. The van der Waals surface area contributed by atoms with Gasteiger partial charge in [0.05, 0.1) is 6.04 Å². The lowest BCUT2D eigenvalue weighted by atomic mass is 10.1. The summed E-state index contributed by atoms with van der Waals surface area (Å²) < 4.78 is 12.0. The standard InChI is InChI=1S/C18H26N4O8/c1-8-7-22(16(27)21-13(8)23)11-6-10(20-17(28)30-18(3,4)5)12(29-11)14(24)19-9(2)15(25)26/h7,9-12H,6H2,1-5H3,(H,19,24)(H,20,28)(H,25,26)(H,21,23,27)/t9-,10-,11+,12-/m0/s1. The highest BCUT2D eigenvalue weighted by Gasteiger charge is 2.43. The second-order valence-electron chi connectivity index (χ2n) is 8.05. The van der Waals surface area contributed by atoms with Crippen LogP contribution in [-0.2, 0) is 19.1 Å². The van der Waals surface area contributed by atoms with E-state index in [0.717, 1.165) is 4.57 Å². The second-order valence-corrected chi connectivity index (χ2v) is 8.05. The molecule has 1 aromatic heterocycles. The molecule has 0 unspecified atom stereocenters. The van der Waals surface area contributed by atoms with Crippen LogP contribution < -0.4 is 21.9 Å². The number of carbonyl (C=O) groups excluding carboxylic acids is 2. The van der Waals surface area contributed by atoms with Gasteiger partial charge in [0.2, 0.25) is 0 Å². The zero-order chi connectivity index (χ0) is 22.8. The minimum absolute atomic E-state index is 0.00414. The highest BCUT2D eigenvalue weighted by Crippen LogP contribution is 2.28. The number of hydrogen-bond acceptors (Lipinski definition) is 7. The lowest BCUT2D eigenvalue weighted by molar-refractivity contribution is -0.144. The molecule has 12 nitrogen and oxygen atoms in total. The van der Waals surface area contributed by atoms with Crippen molar-refractivity contribution < 1.29 is 29.0 Å². The number of amides is 2. The van der Waals surface area contributed by atoms with E-state index in [1.165, 1.54) is 20.0 Å². The molecule has 1 aliphatic heterocycles. The van der Waals surface area contributed by atoms with E-state index in [9.17, 15) is 24.0 Å². The molecule has 1 aromatic rings. The number of carboxylic acid groups (broad SMARTS) is 1. The minimum Gasteiger partial charge on any atom is -0.480 e. The Labute approximate surface area is 171 Å². The summed E-state index contributed by atoms with van der Waals surface area (Å²) in [5.41, 5.74) is -1.83.